The largest absolute Gasteiger partial charge is 0.507 e. The Kier molecular flexibility index (Phi) is 6.66. The van der Waals surface area contributed by atoms with E-state index in [4.69, 9.17) is 4.74 Å². The van der Waals surface area contributed by atoms with E-state index in [-0.39, 0.29) is 29.1 Å². The van der Waals surface area contributed by atoms with E-state index in [0.717, 1.165) is 24.8 Å². The van der Waals surface area contributed by atoms with Crippen LogP contribution in [0.15, 0.2) is 54.7 Å². The van der Waals surface area contributed by atoms with Crippen LogP contribution in [0.2, 0.25) is 0 Å². The van der Waals surface area contributed by atoms with Gasteiger partial charge in [-0.3, -0.25) is 4.72 Å². The summed E-state index contributed by atoms with van der Waals surface area (Å²) in [5, 5.41) is 31.3. The van der Waals surface area contributed by atoms with Crippen molar-refractivity contribution in [3.63, 3.8) is 0 Å². The minimum atomic E-state index is -3.52. The number of aromatic nitrogens is 2. The molecule has 1 fully saturated rings. The molecule has 0 unspecified atom stereocenters. The number of hydrogen-bond donors (Lipinski definition) is 2. The predicted octanol–water partition coefficient (Wildman–Crippen LogP) is 5.82. The second kappa shape index (κ2) is 10.1. The van der Waals surface area contributed by atoms with Crippen LogP contribution in [0.4, 0.5) is 5.69 Å². The van der Waals surface area contributed by atoms with Crippen LogP contribution >= 0.6 is 0 Å². The van der Waals surface area contributed by atoms with Gasteiger partial charge >= 0.3 is 0 Å². The van der Waals surface area contributed by atoms with Gasteiger partial charge < -0.3 is 14.4 Å². The topological polar surface area (TPSA) is 141 Å². The van der Waals surface area contributed by atoms with Crippen LogP contribution in [0.25, 0.3) is 22.2 Å². The van der Waals surface area contributed by atoms with Crippen molar-refractivity contribution >= 4 is 26.6 Å². The van der Waals surface area contributed by atoms with E-state index >= 15 is 0 Å². The standard InChI is InChI=1S/C28H25N5O4S/c1-2-13-38(35,36)32-19-8-10-23(26(34)14-19)27-24(17-30)22-11-9-21(15-25(22)33(27)20-6-3-7-20)37-28-18(16-29)5-4-12-31-28/h4-5,8-12,14-15,20,32,34H,2-3,6-7,13H2,1H3. The molecule has 0 aliphatic heterocycles. The predicted molar refractivity (Wildman–Crippen MR) is 143 cm³/mol. The molecule has 9 nitrogen and oxygen atoms in total. The van der Waals surface area contributed by atoms with Gasteiger partial charge in [0.05, 0.1) is 28.2 Å². The Morgan fingerprint density at radius 3 is 2.63 bits per heavy atom. The van der Waals surface area contributed by atoms with E-state index in [1.54, 1.807) is 49.5 Å². The molecule has 0 spiro atoms. The molecule has 10 heteroatoms. The first-order valence-corrected chi connectivity index (χ1v) is 13.9. The summed E-state index contributed by atoms with van der Waals surface area (Å²) in [6.45, 7) is 1.78. The number of pyridine rings is 1. The second-order valence-electron chi connectivity index (χ2n) is 9.19. The van der Waals surface area contributed by atoms with E-state index in [2.05, 4.69) is 26.4 Å². The van der Waals surface area contributed by atoms with Crippen LogP contribution in [0, 0.1) is 22.7 Å². The lowest BCUT2D eigenvalue weighted by Gasteiger charge is -2.30. The summed E-state index contributed by atoms with van der Waals surface area (Å²) in [7, 11) is -3.52. The van der Waals surface area contributed by atoms with E-state index in [0.29, 0.717) is 39.9 Å². The minimum Gasteiger partial charge on any atom is -0.507 e. The molecule has 38 heavy (non-hydrogen) atoms. The van der Waals surface area contributed by atoms with Crippen LogP contribution in [-0.2, 0) is 10.0 Å². The third-order valence-corrected chi connectivity index (χ3v) is 8.13. The molecule has 4 aromatic rings. The molecule has 0 saturated heterocycles. The fourth-order valence-corrected chi connectivity index (χ4v) is 5.85. The molecule has 1 aliphatic carbocycles. The van der Waals surface area contributed by atoms with Crippen molar-refractivity contribution in [3.05, 3.63) is 65.9 Å². The average molecular weight is 528 g/mol. The molecule has 5 rings (SSSR count). The number of sulfonamides is 1. The van der Waals surface area contributed by atoms with Gasteiger partial charge in [-0.25, -0.2) is 13.4 Å². The zero-order valence-electron chi connectivity index (χ0n) is 20.7. The van der Waals surface area contributed by atoms with E-state index in [1.807, 2.05) is 6.07 Å². The number of rotatable bonds is 8. The van der Waals surface area contributed by atoms with Gasteiger partial charge in [0.15, 0.2) is 0 Å². The number of ether oxygens (including phenoxy) is 1. The van der Waals surface area contributed by atoms with Crippen molar-refractivity contribution in [2.75, 3.05) is 10.5 Å². The molecular formula is C28H25N5O4S. The molecular weight excluding hydrogens is 502 g/mol. The highest BCUT2D eigenvalue weighted by atomic mass is 32.2. The number of anilines is 1. The van der Waals surface area contributed by atoms with Gasteiger partial charge in [0, 0.05) is 35.3 Å². The van der Waals surface area contributed by atoms with E-state index < -0.39 is 10.0 Å². The highest BCUT2D eigenvalue weighted by Gasteiger charge is 2.29. The number of phenols is 1. The maximum Gasteiger partial charge on any atom is 0.237 e. The number of nitrogens with one attached hydrogen (secondary N) is 1. The summed E-state index contributed by atoms with van der Waals surface area (Å²) >= 11 is 0. The SMILES string of the molecule is CCCS(=O)(=O)Nc1ccc(-c2c(C#N)c3ccc(Oc4ncccc4C#N)cc3n2C2CCC2)c(O)c1. The van der Waals surface area contributed by atoms with Gasteiger partial charge in [-0.1, -0.05) is 6.92 Å². The van der Waals surface area contributed by atoms with Crippen molar-refractivity contribution in [2.24, 2.45) is 0 Å². The molecule has 2 aromatic carbocycles. The summed E-state index contributed by atoms with van der Waals surface area (Å²) in [5.74, 6) is 0.496. The molecule has 2 heterocycles. The number of nitrogens with zero attached hydrogens (tertiary/aromatic N) is 4. The molecule has 0 radical (unpaired) electrons. The fourth-order valence-electron chi connectivity index (χ4n) is 4.72. The minimum absolute atomic E-state index is 0.0250. The number of hydrogen-bond acceptors (Lipinski definition) is 7. The van der Waals surface area contributed by atoms with Crippen molar-refractivity contribution < 1.29 is 18.3 Å². The summed E-state index contributed by atoms with van der Waals surface area (Å²) in [5.41, 5.74) is 2.73. The molecule has 2 aromatic heterocycles. The number of nitriles is 2. The lowest BCUT2D eigenvalue weighted by molar-refractivity contribution is 0.323. The quantitative estimate of drug-likeness (QED) is 0.294. The third-order valence-electron chi connectivity index (χ3n) is 6.63. The maximum absolute atomic E-state index is 12.2. The zero-order valence-corrected chi connectivity index (χ0v) is 21.5. The average Bonchev–Trinajstić information content (AvgIpc) is 3.16. The van der Waals surface area contributed by atoms with Gasteiger partial charge in [0.25, 0.3) is 0 Å². The molecule has 0 atom stereocenters. The maximum atomic E-state index is 12.2. The Labute approximate surface area is 220 Å². The Balaban J connectivity index is 1.63. The van der Waals surface area contributed by atoms with Gasteiger partial charge in [0.1, 0.15) is 29.2 Å². The normalized spacial score (nSPS) is 13.4. The molecule has 1 aliphatic rings. The number of aromatic hydroxyl groups is 1. The van der Waals surface area contributed by atoms with Crippen molar-refractivity contribution in [1.29, 1.82) is 10.5 Å². The molecule has 192 valence electrons. The Morgan fingerprint density at radius 2 is 1.97 bits per heavy atom. The van der Waals surface area contributed by atoms with Crippen LogP contribution in [0.5, 0.6) is 17.4 Å². The molecule has 1 saturated carbocycles. The van der Waals surface area contributed by atoms with Crippen LogP contribution in [0.1, 0.15) is 49.8 Å². The van der Waals surface area contributed by atoms with Crippen LogP contribution in [-0.4, -0.2) is 28.8 Å². The van der Waals surface area contributed by atoms with Crippen molar-refractivity contribution in [2.45, 2.75) is 38.6 Å². The summed E-state index contributed by atoms with van der Waals surface area (Å²) in [4.78, 5) is 4.17. The third kappa shape index (κ3) is 4.62. The Bertz CT molecular complexity index is 1730. The lowest BCUT2D eigenvalue weighted by Crippen LogP contribution is -2.18. The number of fused-ring (bicyclic) bond motifs is 1. The lowest BCUT2D eigenvalue weighted by atomic mass is 9.92. The summed E-state index contributed by atoms with van der Waals surface area (Å²) in [6.07, 6.45) is 4.90. The first-order chi connectivity index (χ1) is 18.3. The van der Waals surface area contributed by atoms with Crippen molar-refractivity contribution in [1.82, 2.24) is 9.55 Å². The fraction of sp³-hybridized carbons (Fsp3) is 0.250. The first-order valence-electron chi connectivity index (χ1n) is 12.3. The monoisotopic (exact) mass is 527 g/mol. The highest BCUT2D eigenvalue weighted by molar-refractivity contribution is 7.92. The molecule has 2 N–H and O–H groups in total. The molecule has 0 amide bonds. The van der Waals surface area contributed by atoms with E-state index in [1.165, 1.54) is 6.07 Å². The van der Waals surface area contributed by atoms with Crippen molar-refractivity contribution in [3.8, 4) is 40.8 Å². The van der Waals surface area contributed by atoms with Gasteiger partial charge in [-0.2, -0.15) is 10.5 Å². The van der Waals surface area contributed by atoms with Gasteiger partial charge in [-0.05, 0) is 62.1 Å². The van der Waals surface area contributed by atoms with Crippen LogP contribution < -0.4 is 9.46 Å². The first kappa shape index (κ1) is 25.1. The van der Waals surface area contributed by atoms with Gasteiger partial charge in [-0.15, -0.1) is 0 Å². The Morgan fingerprint density at radius 1 is 1.16 bits per heavy atom. The number of phenolic OH excluding ortho intramolecular Hbond substituents is 1. The van der Waals surface area contributed by atoms with Crippen LogP contribution in [0.3, 0.4) is 0 Å². The highest BCUT2D eigenvalue weighted by Crippen LogP contribution is 2.46. The summed E-state index contributed by atoms with van der Waals surface area (Å²) < 4.78 is 34.9. The Hall–Kier alpha value is -4.54. The zero-order chi connectivity index (χ0) is 26.9. The molecule has 0 bridgehead atoms. The van der Waals surface area contributed by atoms with E-state index in [9.17, 15) is 24.0 Å². The second-order valence-corrected chi connectivity index (χ2v) is 11.0. The number of benzene rings is 2. The smallest absolute Gasteiger partial charge is 0.237 e. The summed E-state index contributed by atoms with van der Waals surface area (Å²) in [6, 6.07) is 17.7. The van der Waals surface area contributed by atoms with Gasteiger partial charge in [0.2, 0.25) is 15.9 Å².